The van der Waals surface area contributed by atoms with Gasteiger partial charge < -0.3 is 15.4 Å². The van der Waals surface area contributed by atoms with E-state index in [1.165, 1.54) is 11.5 Å². The van der Waals surface area contributed by atoms with Crippen molar-refractivity contribution < 1.29 is 4.74 Å². The van der Waals surface area contributed by atoms with Gasteiger partial charge in [0.1, 0.15) is 22.4 Å². The van der Waals surface area contributed by atoms with Crippen molar-refractivity contribution in [3.63, 3.8) is 0 Å². The van der Waals surface area contributed by atoms with Crippen molar-refractivity contribution >= 4 is 22.4 Å². The van der Waals surface area contributed by atoms with Crippen LogP contribution in [-0.2, 0) is 6.54 Å². The van der Waals surface area contributed by atoms with E-state index in [1.807, 2.05) is 36.2 Å². The zero-order valence-electron chi connectivity index (χ0n) is 10.8. The molecule has 0 bridgehead atoms. The number of hydrogen-bond donors (Lipinski definition) is 1. The summed E-state index contributed by atoms with van der Waals surface area (Å²) in [5, 5.41) is 9.86. The minimum atomic E-state index is 0.292. The largest absolute Gasteiger partial charge is 0.497 e. The number of rotatable bonds is 4. The molecule has 2 N–H and O–H groups in total. The third-order valence-electron chi connectivity index (χ3n) is 2.71. The molecule has 0 spiro atoms. The molecule has 2 rings (SSSR count). The molecule has 0 fully saturated rings. The molecule has 1 aromatic heterocycles. The first-order chi connectivity index (χ1) is 9.15. The lowest BCUT2D eigenvalue weighted by molar-refractivity contribution is 0.414. The minimum Gasteiger partial charge on any atom is -0.497 e. The first-order valence-corrected chi connectivity index (χ1v) is 6.42. The summed E-state index contributed by atoms with van der Waals surface area (Å²) in [5.41, 5.74) is 7.19. The van der Waals surface area contributed by atoms with E-state index in [-0.39, 0.29) is 0 Å². The van der Waals surface area contributed by atoms with Gasteiger partial charge >= 0.3 is 0 Å². The van der Waals surface area contributed by atoms with E-state index in [1.54, 1.807) is 7.11 Å². The maximum atomic E-state index is 9.08. The maximum Gasteiger partial charge on any atom is 0.157 e. The molecule has 2 aromatic rings. The fourth-order valence-electron chi connectivity index (χ4n) is 1.78. The van der Waals surface area contributed by atoms with Gasteiger partial charge in [-0.2, -0.15) is 9.64 Å². The van der Waals surface area contributed by atoms with E-state index in [0.717, 1.165) is 16.3 Å². The Bertz CT molecular complexity index is 617. The number of anilines is 2. The molecule has 1 aromatic carbocycles. The summed E-state index contributed by atoms with van der Waals surface area (Å²) in [4.78, 5) is 1.96. The average Bonchev–Trinajstić information content (AvgIpc) is 2.80. The van der Waals surface area contributed by atoms with Gasteiger partial charge in [-0.05, 0) is 29.2 Å². The third kappa shape index (κ3) is 2.77. The van der Waals surface area contributed by atoms with Crippen molar-refractivity contribution in [1.29, 1.82) is 5.26 Å². The lowest BCUT2D eigenvalue weighted by atomic mass is 10.2. The topological polar surface area (TPSA) is 75.2 Å². The van der Waals surface area contributed by atoms with Crippen molar-refractivity contribution in [2.24, 2.45) is 0 Å². The summed E-state index contributed by atoms with van der Waals surface area (Å²) >= 11 is 1.24. The predicted molar refractivity (Wildman–Crippen MR) is 76.3 cm³/mol. The summed E-state index contributed by atoms with van der Waals surface area (Å²) in [6.45, 7) is 0.660. The molecule has 0 aliphatic rings. The minimum absolute atomic E-state index is 0.292. The highest BCUT2D eigenvalue weighted by atomic mass is 32.1. The normalized spacial score (nSPS) is 9.95. The molecule has 19 heavy (non-hydrogen) atoms. The number of hydrogen-bond acceptors (Lipinski definition) is 6. The number of benzene rings is 1. The standard InChI is InChI=1S/C13H14N4OS/c1-17(13-11(7-14)12(15)16-19-13)8-9-4-3-5-10(6-9)18-2/h3-6H,8H2,1-2H3,(H2,15,16). The SMILES string of the molecule is COc1cccc(CN(C)c2snc(N)c2C#N)c1. The van der Waals surface area contributed by atoms with E-state index in [4.69, 9.17) is 15.7 Å². The molecule has 0 aliphatic heterocycles. The van der Waals surface area contributed by atoms with Crippen LogP contribution >= 0.6 is 11.5 Å². The molecule has 98 valence electrons. The van der Waals surface area contributed by atoms with Crippen molar-refractivity contribution in [2.75, 3.05) is 24.8 Å². The van der Waals surface area contributed by atoms with Crippen LogP contribution in [0, 0.1) is 11.3 Å². The molecule has 0 amide bonds. The Labute approximate surface area is 116 Å². The number of nitrogens with two attached hydrogens (primary N) is 1. The molecule has 1 heterocycles. The summed E-state index contributed by atoms with van der Waals surface area (Å²) in [6, 6.07) is 9.90. The molecule has 6 heteroatoms. The first kappa shape index (κ1) is 13.2. The van der Waals surface area contributed by atoms with Gasteiger partial charge in [-0.3, -0.25) is 0 Å². The average molecular weight is 274 g/mol. The molecule has 0 unspecified atom stereocenters. The van der Waals surface area contributed by atoms with Crippen molar-refractivity contribution in [2.45, 2.75) is 6.54 Å². The molecular formula is C13H14N4OS. The molecular weight excluding hydrogens is 260 g/mol. The van der Waals surface area contributed by atoms with Crippen LogP contribution in [0.3, 0.4) is 0 Å². The Kier molecular flexibility index (Phi) is 3.88. The number of nitrogens with zero attached hydrogens (tertiary/aromatic N) is 3. The van der Waals surface area contributed by atoms with Crippen molar-refractivity contribution in [3.8, 4) is 11.8 Å². The summed E-state index contributed by atoms with van der Waals surface area (Å²) in [7, 11) is 3.55. The zero-order valence-corrected chi connectivity index (χ0v) is 11.6. The highest BCUT2D eigenvalue weighted by Crippen LogP contribution is 2.30. The van der Waals surface area contributed by atoms with E-state index in [2.05, 4.69) is 10.4 Å². The quantitative estimate of drug-likeness (QED) is 0.925. The second kappa shape index (κ2) is 5.59. The Morgan fingerprint density at radius 2 is 2.32 bits per heavy atom. The van der Waals surface area contributed by atoms with Gasteiger partial charge in [-0.15, -0.1) is 0 Å². The summed E-state index contributed by atoms with van der Waals surface area (Å²) in [5.74, 6) is 1.11. The van der Waals surface area contributed by atoms with E-state index < -0.39 is 0 Å². The second-order valence-electron chi connectivity index (χ2n) is 4.07. The van der Waals surface area contributed by atoms with Crippen LogP contribution in [0.4, 0.5) is 10.8 Å². The van der Waals surface area contributed by atoms with Crippen molar-refractivity contribution in [1.82, 2.24) is 4.37 Å². The third-order valence-corrected chi connectivity index (χ3v) is 3.69. The Hall–Kier alpha value is -2.26. The van der Waals surface area contributed by atoms with Gasteiger partial charge in [-0.25, -0.2) is 0 Å². The maximum absolute atomic E-state index is 9.08. The highest BCUT2D eigenvalue weighted by Gasteiger charge is 2.15. The molecule has 0 saturated heterocycles. The van der Waals surface area contributed by atoms with Crippen LogP contribution in [-0.4, -0.2) is 18.5 Å². The Morgan fingerprint density at radius 1 is 1.53 bits per heavy atom. The van der Waals surface area contributed by atoms with E-state index in [9.17, 15) is 0 Å². The van der Waals surface area contributed by atoms with Crippen LogP contribution in [0.25, 0.3) is 0 Å². The summed E-state index contributed by atoms with van der Waals surface area (Å²) in [6.07, 6.45) is 0. The zero-order chi connectivity index (χ0) is 13.8. The Balaban J connectivity index is 2.21. The molecule has 0 saturated carbocycles. The van der Waals surface area contributed by atoms with Crippen LogP contribution in [0.15, 0.2) is 24.3 Å². The van der Waals surface area contributed by atoms with Gasteiger partial charge in [0, 0.05) is 13.6 Å². The second-order valence-corrected chi connectivity index (χ2v) is 4.82. The lowest BCUT2D eigenvalue weighted by Gasteiger charge is -2.17. The molecule has 0 aliphatic carbocycles. The number of aromatic nitrogens is 1. The number of methoxy groups -OCH3 is 1. The Morgan fingerprint density at radius 3 is 3.00 bits per heavy atom. The van der Waals surface area contributed by atoms with Gasteiger partial charge in [0.15, 0.2) is 5.82 Å². The number of nitrogen functional groups attached to an aromatic ring is 1. The predicted octanol–water partition coefficient (Wildman–Crippen LogP) is 2.24. The monoisotopic (exact) mass is 274 g/mol. The van der Waals surface area contributed by atoms with Gasteiger partial charge in [-0.1, -0.05) is 12.1 Å². The molecule has 0 atom stereocenters. The number of nitriles is 1. The van der Waals surface area contributed by atoms with Crippen LogP contribution < -0.4 is 15.4 Å². The van der Waals surface area contributed by atoms with Crippen LogP contribution in [0.5, 0.6) is 5.75 Å². The number of ether oxygens (including phenoxy) is 1. The van der Waals surface area contributed by atoms with E-state index >= 15 is 0 Å². The first-order valence-electron chi connectivity index (χ1n) is 5.65. The van der Waals surface area contributed by atoms with E-state index in [0.29, 0.717) is 17.9 Å². The lowest BCUT2D eigenvalue weighted by Crippen LogP contribution is -2.16. The van der Waals surface area contributed by atoms with Crippen LogP contribution in [0.1, 0.15) is 11.1 Å². The van der Waals surface area contributed by atoms with Gasteiger partial charge in [0.2, 0.25) is 0 Å². The van der Waals surface area contributed by atoms with Crippen molar-refractivity contribution in [3.05, 3.63) is 35.4 Å². The smallest absolute Gasteiger partial charge is 0.157 e. The van der Waals surface area contributed by atoms with Crippen LogP contribution in [0.2, 0.25) is 0 Å². The highest BCUT2D eigenvalue weighted by molar-refractivity contribution is 7.10. The van der Waals surface area contributed by atoms with Gasteiger partial charge in [0.05, 0.1) is 7.11 Å². The van der Waals surface area contributed by atoms with Gasteiger partial charge in [0.25, 0.3) is 0 Å². The summed E-state index contributed by atoms with van der Waals surface area (Å²) < 4.78 is 9.20. The molecule has 5 nitrogen and oxygen atoms in total. The fourth-order valence-corrected chi connectivity index (χ4v) is 2.50. The molecule has 0 radical (unpaired) electrons. The fraction of sp³-hybridized carbons (Fsp3) is 0.231.